The van der Waals surface area contributed by atoms with E-state index in [0.29, 0.717) is 24.3 Å². The number of amides is 1. The minimum atomic E-state index is -4.61. The topological polar surface area (TPSA) is 83.4 Å². The molecule has 1 atom stereocenters. The summed E-state index contributed by atoms with van der Waals surface area (Å²) in [5.74, 6) is 0.449. The normalized spacial score (nSPS) is 16.1. The number of benzene rings is 1. The quantitative estimate of drug-likeness (QED) is 0.241. The third-order valence-corrected chi connectivity index (χ3v) is 7.51. The maximum absolute atomic E-state index is 13.9. The summed E-state index contributed by atoms with van der Waals surface area (Å²) in [6.45, 7) is 2.52. The van der Waals surface area contributed by atoms with Crippen LogP contribution >= 0.6 is 0 Å². The number of nitrogens with zero attached hydrogens (tertiary/aromatic N) is 4. The van der Waals surface area contributed by atoms with E-state index in [2.05, 4.69) is 15.7 Å². The smallest absolute Gasteiger partial charge is 0.433 e. The van der Waals surface area contributed by atoms with Crippen LogP contribution in [0, 0.1) is 0 Å². The molecule has 2 aromatic heterocycles. The van der Waals surface area contributed by atoms with Crippen molar-refractivity contribution in [2.24, 2.45) is 0 Å². The highest BCUT2D eigenvalue weighted by atomic mass is 19.4. The first-order valence-corrected chi connectivity index (χ1v) is 14.2. The summed E-state index contributed by atoms with van der Waals surface area (Å²) >= 11 is 0. The zero-order chi connectivity index (χ0) is 32.4. The molecule has 0 radical (unpaired) electrons. The Balaban J connectivity index is 1.09. The number of pyridine rings is 1. The second kappa shape index (κ2) is 12.9. The Labute approximate surface area is 255 Å². The molecule has 5 rings (SSSR count). The Morgan fingerprint density at radius 2 is 1.87 bits per heavy atom. The first-order valence-electron chi connectivity index (χ1n) is 14.2. The summed E-state index contributed by atoms with van der Waals surface area (Å²) < 4.78 is 93.2. The second-order valence-corrected chi connectivity index (χ2v) is 10.8. The number of hydrazine groups is 1. The summed E-state index contributed by atoms with van der Waals surface area (Å²) in [5, 5.41) is 4.16. The van der Waals surface area contributed by atoms with Gasteiger partial charge >= 0.3 is 12.4 Å². The predicted octanol–water partition coefficient (Wildman–Crippen LogP) is 4.94. The molecule has 1 amide bonds. The van der Waals surface area contributed by atoms with Crippen molar-refractivity contribution in [3.63, 3.8) is 0 Å². The van der Waals surface area contributed by atoms with Gasteiger partial charge in [0.2, 0.25) is 5.91 Å². The molecule has 0 aliphatic carbocycles. The predicted molar refractivity (Wildman–Crippen MR) is 151 cm³/mol. The SMILES string of the molecule is COc1ccc(CN2C=C(C(F)(F)F)C(N[C@@H](C)COCCC(=O)N3CCc4c(ccn5c(C(F)(F)F)cnc45)C3)=CN2)cc1. The van der Waals surface area contributed by atoms with E-state index in [1.165, 1.54) is 24.5 Å². The molecule has 0 saturated carbocycles. The Hall–Kier alpha value is -4.40. The molecule has 0 unspecified atom stereocenters. The van der Waals surface area contributed by atoms with Crippen LogP contribution in [0.4, 0.5) is 26.3 Å². The number of halogens is 6. The van der Waals surface area contributed by atoms with E-state index in [0.717, 1.165) is 27.9 Å². The molecule has 9 nitrogen and oxygen atoms in total. The fourth-order valence-electron chi connectivity index (χ4n) is 5.26. The molecule has 2 N–H and O–H groups in total. The number of carbonyl (C=O) groups excluding carboxylic acids is 1. The van der Waals surface area contributed by atoms with Gasteiger partial charge in [-0.3, -0.25) is 14.2 Å². The Morgan fingerprint density at radius 1 is 1.11 bits per heavy atom. The van der Waals surface area contributed by atoms with Crippen LogP contribution in [-0.2, 0) is 35.2 Å². The Morgan fingerprint density at radius 3 is 2.56 bits per heavy atom. The highest BCUT2D eigenvalue weighted by Gasteiger charge is 2.39. The highest BCUT2D eigenvalue weighted by molar-refractivity contribution is 5.77. The van der Waals surface area contributed by atoms with Crippen molar-refractivity contribution in [1.82, 2.24) is 30.0 Å². The van der Waals surface area contributed by atoms with Crippen LogP contribution in [0.2, 0.25) is 0 Å². The third kappa shape index (κ3) is 7.47. The van der Waals surface area contributed by atoms with Crippen LogP contribution in [-0.4, -0.2) is 64.3 Å². The molecule has 1 aromatic carbocycles. The van der Waals surface area contributed by atoms with Crippen molar-refractivity contribution in [2.75, 3.05) is 26.9 Å². The fourth-order valence-corrected chi connectivity index (χ4v) is 5.26. The van der Waals surface area contributed by atoms with Gasteiger partial charge in [-0.15, -0.1) is 0 Å². The van der Waals surface area contributed by atoms with Gasteiger partial charge in [-0.2, -0.15) is 26.3 Å². The van der Waals surface area contributed by atoms with Crippen molar-refractivity contribution in [3.8, 4) is 5.75 Å². The van der Waals surface area contributed by atoms with Crippen LogP contribution in [0.1, 0.15) is 35.7 Å². The maximum atomic E-state index is 13.9. The highest BCUT2D eigenvalue weighted by Crippen LogP contribution is 2.33. The monoisotopic (exact) mass is 638 g/mol. The molecule has 0 saturated heterocycles. The van der Waals surface area contributed by atoms with E-state index in [1.807, 2.05) is 0 Å². The lowest BCUT2D eigenvalue weighted by molar-refractivity contribution is -0.141. The van der Waals surface area contributed by atoms with Crippen LogP contribution < -0.4 is 15.5 Å². The number of rotatable bonds is 10. The van der Waals surface area contributed by atoms with Gasteiger partial charge in [-0.25, -0.2) is 4.98 Å². The van der Waals surface area contributed by atoms with Gasteiger partial charge in [0.25, 0.3) is 0 Å². The molecule has 2 aliphatic heterocycles. The third-order valence-electron chi connectivity index (χ3n) is 7.51. The number of ether oxygens (including phenoxy) is 2. The van der Waals surface area contributed by atoms with E-state index in [1.54, 1.807) is 42.2 Å². The number of methoxy groups -OCH3 is 1. The van der Waals surface area contributed by atoms with E-state index < -0.39 is 29.7 Å². The second-order valence-electron chi connectivity index (χ2n) is 10.8. The van der Waals surface area contributed by atoms with Crippen molar-refractivity contribution in [3.05, 3.63) is 88.8 Å². The van der Waals surface area contributed by atoms with E-state index >= 15 is 0 Å². The number of hydrogen-bond donors (Lipinski definition) is 2. The standard InChI is InChI=1S/C30H32F6N6O3/c1-19(39-25-13-38-41(17-24(25)29(31,32)33)15-20-3-5-22(44-2)6-4-20)18-45-12-9-27(43)40-10-8-23-21(16-40)7-11-42-26(30(34,35)36)14-37-28(23)42/h3-7,11,13-14,17,19,38-39H,8-10,12,15-16,18H2,1-2H3/t19-/m0/s1. The van der Waals surface area contributed by atoms with Gasteiger partial charge in [0.15, 0.2) is 0 Å². The number of fused-ring (bicyclic) bond motifs is 3. The number of nitrogens with one attached hydrogen (secondary N) is 2. The number of imidazole rings is 1. The Kier molecular flexibility index (Phi) is 9.18. The average molecular weight is 639 g/mol. The van der Waals surface area contributed by atoms with E-state index in [-0.39, 0.29) is 50.0 Å². The minimum absolute atomic E-state index is 0.0458. The molecule has 0 bridgehead atoms. The van der Waals surface area contributed by atoms with Crippen molar-refractivity contribution >= 4 is 11.6 Å². The number of aromatic nitrogens is 2. The number of hydrogen-bond acceptors (Lipinski definition) is 7. The summed E-state index contributed by atoms with van der Waals surface area (Å²) in [5.41, 5.74) is 3.43. The lowest BCUT2D eigenvalue weighted by Gasteiger charge is -2.30. The molecule has 4 heterocycles. The molecule has 2 aliphatic rings. The number of carbonyl (C=O) groups is 1. The first kappa shape index (κ1) is 32.0. The molecular formula is C30H32F6N6O3. The number of alkyl halides is 6. The van der Waals surface area contributed by atoms with E-state index in [9.17, 15) is 31.1 Å². The molecule has 3 aromatic rings. The summed E-state index contributed by atoms with van der Waals surface area (Å²) in [7, 11) is 1.53. The summed E-state index contributed by atoms with van der Waals surface area (Å²) in [6.07, 6.45) is -4.36. The molecule has 0 spiro atoms. The fraction of sp³-hybridized carbons (Fsp3) is 0.400. The molecule has 0 fully saturated rings. The van der Waals surface area contributed by atoms with Crippen LogP contribution in [0.15, 0.2) is 66.4 Å². The minimum Gasteiger partial charge on any atom is -0.497 e. The van der Waals surface area contributed by atoms with Crippen LogP contribution in [0.3, 0.4) is 0 Å². The molecular weight excluding hydrogens is 606 g/mol. The van der Waals surface area contributed by atoms with Gasteiger partial charge in [0.1, 0.15) is 17.1 Å². The van der Waals surface area contributed by atoms with Gasteiger partial charge in [0, 0.05) is 43.3 Å². The molecule has 45 heavy (non-hydrogen) atoms. The van der Waals surface area contributed by atoms with Crippen molar-refractivity contribution < 1.29 is 40.6 Å². The summed E-state index contributed by atoms with van der Waals surface area (Å²) in [4.78, 5) is 18.4. The average Bonchev–Trinajstić information content (AvgIpc) is 3.45. The largest absolute Gasteiger partial charge is 0.497 e. The summed E-state index contributed by atoms with van der Waals surface area (Å²) in [6, 6.07) is 8.05. The van der Waals surface area contributed by atoms with Gasteiger partial charge in [-0.05, 0) is 42.7 Å². The molecule has 15 heteroatoms. The van der Waals surface area contributed by atoms with Gasteiger partial charge < -0.3 is 25.1 Å². The van der Waals surface area contributed by atoms with Gasteiger partial charge in [0.05, 0.1) is 50.8 Å². The van der Waals surface area contributed by atoms with Crippen LogP contribution in [0.25, 0.3) is 5.65 Å². The van der Waals surface area contributed by atoms with Crippen molar-refractivity contribution in [1.29, 1.82) is 0 Å². The maximum Gasteiger partial charge on any atom is 0.433 e. The lowest BCUT2D eigenvalue weighted by Crippen LogP contribution is -2.41. The zero-order valence-electron chi connectivity index (χ0n) is 24.5. The van der Waals surface area contributed by atoms with Crippen LogP contribution in [0.5, 0.6) is 5.75 Å². The van der Waals surface area contributed by atoms with E-state index in [4.69, 9.17) is 9.47 Å². The lowest BCUT2D eigenvalue weighted by atomic mass is 10.0. The first-order chi connectivity index (χ1) is 21.3. The van der Waals surface area contributed by atoms with Gasteiger partial charge in [-0.1, -0.05) is 12.1 Å². The number of allylic oxidation sites excluding steroid dienone is 1. The van der Waals surface area contributed by atoms with Crippen molar-refractivity contribution in [2.45, 2.75) is 51.2 Å². The molecule has 242 valence electrons. The zero-order valence-corrected chi connectivity index (χ0v) is 24.5. The Bertz CT molecular complexity index is 1580.